The van der Waals surface area contributed by atoms with E-state index in [1.807, 2.05) is 37.3 Å². The van der Waals surface area contributed by atoms with Crippen LogP contribution >= 0.6 is 12.6 Å². The van der Waals surface area contributed by atoms with Crippen LogP contribution in [0.2, 0.25) is 0 Å². The van der Waals surface area contributed by atoms with E-state index in [9.17, 15) is 4.79 Å². The van der Waals surface area contributed by atoms with Gasteiger partial charge in [0.1, 0.15) is 0 Å². The van der Waals surface area contributed by atoms with Crippen molar-refractivity contribution in [3.8, 4) is 0 Å². The molecule has 0 aliphatic carbocycles. The molecule has 1 amide bonds. The lowest BCUT2D eigenvalue weighted by Crippen LogP contribution is -2.44. The molecule has 1 N–H and O–H groups in total. The minimum atomic E-state index is -0.291. The van der Waals surface area contributed by atoms with E-state index in [-0.39, 0.29) is 23.3 Å². The fourth-order valence-electron chi connectivity index (χ4n) is 2.36. The van der Waals surface area contributed by atoms with Gasteiger partial charge in [0.05, 0.1) is 11.4 Å². The van der Waals surface area contributed by atoms with Gasteiger partial charge in [-0.1, -0.05) is 30.3 Å². The predicted octanol–water partition coefficient (Wildman–Crippen LogP) is 2.21. The summed E-state index contributed by atoms with van der Waals surface area (Å²) in [6.07, 6.45) is 2.67. The average Bonchev–Trinajstić information content (AvgIpc) is 2.40. The van der Waals surface area contributed by atoms with Gasteiger partial charge >= 0.3 is 0 Å². The van der Waals surface area contributed by atoms with Crippen LogP contribution < -0.4 is 5.32 Å². The number of ether oxygens (including phenoxy) is 1. The second-order valence-electron chi connectivity index (χ2n) is 5.12. The van der Waals surface area contributed by atoms with Crippen LogP contribution in [0.4, 0.5) is 0 Å². The normalized spacial score (nSPS) is 24.7. The van der Waals surface area contributed by atoms with E-state index in [0.29, 0.717) is 6.42 Å². The van der Waals surface area contributed by atoms with Crippen LogP contribution in [-0.2, 0) is 16.0 Å². The van der Waals surface area contributed by atoms with Crippen LogP contribution in [-0.4, -0.2) is 29.9 Å². The van der Waals surface area contributed by atoms with E-state index >= 15 is 0 Å². The SMILES string of the molecule is CC1CC(NC(=O)C(S)Cc2ccccc2)CCO1. The standard InChI is InChI=1S/C15H21NO2S/c1-11-9-13(7-8-18-11)16-15(17)14(19)10-12-5-3-2-4-6-12/h2-6,11,13-14,19H,7-10H2,1H3,(H,16,17). The van der Waals surface area contributed by atoms with E-state index in [4.69, 9.17) is 4.74 Å². The molecule has 0 bridgehead atoms. The van der Waals surface area contributed by atoms with Crippen LogP contribution in [0.15, 0.2) is 30.3 Å². The van der Waals surface area contributed by atoms with Gasteiger partial charge in [-0.25, -0.2) is 0 Å². The molecular formula is C15H21NO2S. The molecule has 0 saturated carbocycles. The number of amides is 1. The summed E-state index contributed by atoms with van der Waals surface area (Å²) in [5.74, 6) is 0.0197. The molecular weight excluding hydrogens is 258 g/mol. The molecule has 1 aliphatic heterocycles. The molecule has 1 aliphatic rings. The van der Waals surface area contributed by atoms with Gasteiger partial charge in [0.25, 0.3) is 0 Å². The first-order chi connectivity index (χ1) is 9.15. The molecule has 19 heavy (non-hydrogen) atoms. The molecule has 3 unspecified atom stereocenters. The minimum absolute atomic E-state index is 0.0197. The lowest BCUT2D eigenvalue weighted by Gasteiger charge is -2.28. The van der Waals surface area contributed by atoms with Crippen LogP contribution in [0.5, 0.6) is 0 Å². The van der Waals surface area contributed by atoms with E-state index in [2.05, 4.69) is 17.9 Å². The zero-order chi connectivity index (χ0) is 13.7. The Bertz CT molecular complexity index is 410. The molecule has 1 aromatic carbocycles. The summed E-state index contributed by atoms with van der Waals surface area (Å²) in [6, 6.07) is 10.2. The molecule has 104 valence electrons. The molecule has 1 heterocycles. The van der Waals surface area contributed by atoms with Crippen molar-refractivity contribution in [2.24, 2.45) is 0 Å². The maximum atomic E-state index is 12.1. The molecule has 3 nitrogen and oxygen atoms in total. The summed E-state index contributed by atoms with van der Waals surface area (Å²) in [5.41, 5.74) is 1.14. The highest BCUT2D eigenvalue weighted by atomic mass is 32.1. The van der Waals surface area contributed by atoms with Crippen LogP contribution in [0.1, 0.15) is 25.3 Å². The van der Waals surface area contributed by atoms with Gasteiger partial charge < -0.3 is 10.1 Å². The number of carbonyl (C=O) groups is 1. The van der Waals surface area contributed by atoms with Crippen molar-refractivity contribution in [2.75, 3.05) is 6.61 Å². The Hall–Kier alpha value is -1.00. The third kappa shape index (κ3) is 4.55. The van der Waals surface area contributed by atoms with Gasteiger partial charge in [0.2, 0.25) is 5.91 Å². The zero-order valence-electron chi connectivity index (χ0n) is 11.2. The highest BCUT2D eigenvalue weighted by Gasteiger charge is 2.23. The maximum absolute atomic E-state index is 12.1. The Kier molecular flexibility index (Phi) is 5.28. The second-order valence-corrected chi connectivity index (χ2v) is 5.74. The quantitative estimate of drug-likeness (QED) is 0.829. The maximum Gasteiger partial charge on any atom is 0.233 e. The molecule has 3 atom stereocenters. The van der Waals surface area contributed by atoms with Crippen molar-refractivity contribution in [3.05, 3.63) is 35.9 Å². The van der Waals surface area contributed by atoms with Crippen LogP contribution in [0.25, 0.3) is 0 Å². The molecule has 1 aromatic rings. The van der Waals surface area contributed by atoms with Gasteiger partial charge in [-0.05, 0) is 31.7 Å². The van der Waals surface area contributed by atoms with Crippen molar-refractivity contribution < 1.29 is 9.53 Å². The Balaban J connectivity index is 1.82. The predicted molar refractivity (Wildman–Crippen MR) is 79.5 cm³/mol. The van der Waals surface area contributed by atoms with E-state index in [1.54, 1.807) is 0 Å². The van der Waals surface area contributed by atoms with Crippen molar-refractivity contribution in [2.45, 2.75) is 43.6 Å². The minimum Gasteiger partial charge on any atom is -0.378 e. The topological polar surface area (TPSA) is 38.3 Å². The van der Waals surface area contributed by atoms with Crippen molar-refractivity contribution in [1.29, 1.82) is 0 Å². The van der Waals surface area contributed by atoms with Gasteiger partial charge in [-0.2, -0.15) is 12.6 Å². The molecule has 0 aromatic heterocycles. The fraction of sp³-hybridized carbons (Fsp3) is 0.533. The first-order valence-corrected chi connectivity index (χ1v) is 7.31. The summed E-state index contributed by atoms with van der Waals surface area (Å²) >= 11 is 4.42. The first-order valence-electron chi connectivity index (χ1n) is 6.79. The largest absolute Gasteiger partial charge is 0.378 e. The number of benzene rings is 1. The third-order valence-corrected chi connectivity index (χ3v) is 3.82. The van der Waals surface area contributed by atoms with E-state index in [1.165, 1.54) is 0 Å². The number of nitrogens with one attached hydrogen (secondary N) is 1. The van der Waals surface area contributed by atoms with Crippen LogP contribution in [0.3, 0.4) is 0 Å². The second kappa shape index (κ2) is 6.96. The molecule has 4 heteroatoms. The fourth-order valence-corrected chi connectivity index (χ4v) is 2.64. The van der Waals surface area contributed by atoms with Gasteiger partial charge in [-0.3, -0.25) is 4.79 Å². The lowest BCUT2D eigenvalue weighted by atomic mass is 10.0. The number of hydrogen-bond donors (Lipinski definition) is 2. The van der Waals surface area contributed by atoms with Gasteiger partial charge in [0.15, 0.2) is 0 Å². The summed E-state index contributed by atoms with van der Waals surface area (Å²) in [5, 5.41) is 2.78. The summed E-state index contributed by atoms with van der Waals surface area (Å²) in [6.45, 7) is 2.77. The monoisotopic (exact) mass is 279 g/mol. The number of hydrogen-bond acceptors (Lipinski definition) is 3. The average molecular weight is 279 g/mol. The molecule has 1 fully saturated rings. The van der Waals surface area contributed by atoms with Crippen molar-refractivity contribution in [1.82, 2.24) is 5.32 Å². The number of rotatable bonds is 4. The Labute approximate surface area is 120 Å². The highest BCUT2D eigenvalue weighted by molar-refractivity contribution is 7.81. The first kappa shape index (κ1) is 14.4. The van der Waals surface area contributed by atoms with Crippen molar-refractivity contribution in [3.63, 3.8) is 0 Å². The Morgan fingerprint density at radius 2 is 2.21 bits per heavy atom. The summed E-state index contributed by atoms with van der Waals surface area (Å²) in [4.78, 5) is 12.1. The van der Waals surface area contributed by atoms with E-state index < -0.39 is 0 Å². The molecule has 2 rings (SSSR count). The smallest absolute Gasteiger partial charge is 0.233 e. The zero-order valence-corrected chi connectivity index (χ0v) is 12.1. The lowest BCUT2D eigenvalue weighted by molar-refractivity contribution is -0.122. The van der Waals surface area contributed by atoms with Gasteiger partial charge in [-0.15, -0.1) is 0 Å². The molecule has 0 spiro atoms. The number of carbonyl (C=O) groups excluding carboxylic acids is 1. The summed E-state index contributed by atoms with van der Waals surface area (Å²) < 4.78 is 5.48. The Morgan fingerprint density at radius 3 is 2.89 bits per heavy atom. The van der Waals surface area contributed by atoms with Crippen molar-refractivity contribution >= 4 is 18.5 Å². The Morgan fingerprint density at radius 1 is 1.47 bits per heavy atom. The third-order valence-electron chi connectivity index (χ3n) is 3.41. The summed E-state index contributed by atoms with van der Waals surface area (Å²) in [7, 11) is 0. The number of thiol groups is 1. The molecule has 0 radical (unpaired) electrons. The highest BCUT2D eigenvalue weighted by Crippen LogP contribution is 2.14. The van der Waals surface area contributed by atoms with E-state index in [0.717, 1.165) is 25.0 Å². The molecule has 1 saturated heterocycles. The van der Waals surface area contributed by atoms with Crippen LogP contribution in [0, 0.1) is 0 Å². The van der Waals surface area contributed by atoms with Gasteiger partial charge in [0, 0.05) is 12.6 Å².